The Morgan fingerprint density at radius 1 is 1.19 bits per heavy atom. The molecule has 1 N–H and O–H groups in total. The van der Waals surface area contributed by atoms with Crippen molar-refractivity contribution in [1.82, 2.24) is 0 Å². The molecule has 0 radical (unpaired) electrons. The highest BCUT2D eigenvalue weighted by Crippen LogP contribution is 2.22. The molecule has 27 heavy (non-hydrogen) atoms. The lowest BCUT2D eigenvalue weighted by molar-refractivity contribution is -0.117. The van der Waals surface area contributed by atoms with Gasteiger partial charge in [0.2, 0.25) is 11.8 Å². The van der Waals surface area contributed by atoms with Crippen molar-refractivity contribution in [2.75, 3.05) is 23.4 Å². The molecule has 3 rings (SSSR count). The van der Waals surface area contributed by atoms with Crippen LogP contribution in [0.4, 0.5) is 11.4 Å². The number of carbonyl (C=O) groups is 2. The SMILES string of the molecule is CCOCc1ccccc1NC(=O)/C=C/c1ccc(N2CCCC2=O)cc1. The van der Waals surface area contributed by atoms with Crippen LogP contribution >= 0.6 is 0 Å². The van der Waals surface area contributed by atoms with E-state index in [9.17, 15) is 9.59 Å². The zero-order valence-electron chi connectivity index (χ0n) is 15.5. The summed E-state index contributed by atoms with van der Waals surface area (Å²) < 4.78 is 5.43. The van der Waals surface area contributed by atoms with Gasteiger partial charge in [-0.3, -0.25) is 9.59 Å². The normalized spacial score (nSPS) is 14.1. The molecule has 0 aliphatic carbocycles. The number of nitrogens with zero attached hydrogens (tertiary/aromatic N) is 1. The highest BCUT2D eigenvalue weighted by molar-refractivity contribution is 6.02. The lowest BCUT2D eigenvalue weighted by atomic mass is 10.1. The summed E-state index contributed by atoms with van der Waals surface area (Å²) in [4.78, 5) is 25.8. The minimum atomic E-state index is -0.197. The van der Waals surface area contributed by atoms with E-state index in [-0.39, 0.29) is 11.8 Å². The Balaban J connectivity index is 1.61. The number of hydrogen-bond donors (Lipinski definition) is 1. The molecule has 2 amide bonds. The molecule has 5 nitrogen and oxygen atoms in total. The smallest absolute Gasteiger partial charge is 0.248 e. The van der Waals surface area contributed by atoms with Gasteiger partial charge in [0.25, 0.3) is 0 Å². The van der Waals surface area contributed by atoms with Crippen LogP contribution in [0.25, 0.3) is 6.08 Å². The predicted molar refractivity (Wildman–Crippen MR) is 107 cm³/mol. The lowest BCUT2D eigenvalue weighted by Crippen LogP contribution is -2.23. The van der Waals surface area contributed by atoms with Gasteiger partial charge in [-0.05, 0) is 43.2 Å². The van der Waals surface area contributed by atoms with E-state index in [0.29, 0.717) is 19.6 Å². The van der Waals surface area contributed by atoms with Gasteiger partial charge in [0, 0.05) is 42.6 Å². The van der Waals surface area contributed by atoms with Crippen LogP contribution in [0.1, 0.15) is 30.9 Å². The number of anilines is 2. The Kier molecular flexibility index (Phi) is 6.39. The average molecular weight is 364 g/mol. The third-order valence-electron chi connectivity index (χ3n) is 4.44. The Morgan fingerprint density at radius 3 is 2.67 bits per heavy atom. The first-order valence-electron chi connectivity index (χ1n) is 9.22. The fourth-order valence-corrected chi connectivity index (χ4v) is 3.01. The maximum Gasteiger partial charge on any atom is 0.248 e. The Bertz CT molecular complexity index is 828. The van der Waals surface area contributed by atoms with Crippen LogP contribution in [0, 0.1) is 0 Å². The minimum absolute atomic E-state index is 0.170. The highest BCUT2D eigenvalue weighted by Gasteiger charge is 2.21. The average Bonchev–Trinajstić information content (AvgIpc) is 3.12. The number of para-hydroxylation sites is 1. The third kappa shape index (κ3) is 5.05. The first-order valence-corrected chi connectivity index (χ1v) is 9.22. The molecule has 1 heterocycles. The summed E-state index contributed by atoms with van der Waals surface area (Å²) in [5, 5.41) is 2.89. The van der Waals surface area contributed by atoms with Gasteiger partial charge < -0.3 is 15.0 Å². The summed E-state index contributed by atoms with van der Waals surface area (Å²) in [6.45, 7) is 3.81. The maximum atomic E-state index is 12.2. The van der Waals surface area contributed by atoms with Crippen LogP contribution in [0.5, 0.6) is 0 Å². The van der Waals surface area contributed by atoms with Gasteiger partial charge in [0.05, 0.1) is 6.61 Å². The monoisotopic (exact) mass is 364 g/mol. The van der Waals surface area contributed by atoms with Gasteiger partial charge in [-0.15, -0.1) is 0 Å². The molecule has 0 unspecified atom stereocenters. The maximum absolute atomic E-state index is 12.2. The van der Waals surface area contributed by atoms with Crippen LogP contribution in [-0.2, 0) is 20.9 Å². The minimum Gasteiger partial charge on any atom is -0.377 e. The molecule has 2 aromatic carbocycles. The van der Waals surface area contributed by atoms with Crippen molar-refractivity contribution in [2.24, 2.45) is 0 Å². The van der Waals surface area contributed by atoms with Gasteiger partial charge in [-0.1, -0.05) is 30.3 Å². The van der Waals surface area contributed by atoms with E-state index < -0.39 is 0 Å². The molecule has 2 aromatic rings. The van der Waals surface area contributed by atoms with Crippen molar-refractivity contribution in [3.8, 4) is 0 Å². The van der Waals surface area contributed by atoms with E-state index in [0.717, 1.165) is 35.5 Å². The number of benzene rings is 2. The van der Waals surface area contributed by atoms with E-state index in [1.165, 1.54) is 6.08 Å². The van der Waals surface area contributed by atoms with Crippen LogP contribution in [-0.4, -0.2) is 25.0 Å². The largest absolute Gasteiger partial charge is 0.377 e. The molecule has 0 atom stereocenters. The van der Waals surface area contributed by atoms with E-state index in [2.05, 4.69) is 5.32 Å². The second-order valence-electron chi connectivity index (χ2n) is 6.36. The molecule has 1 aliphatic rings. The topological polar surface area (TPSA) is 58.6 Å². The third-order valence-corrected chi connectivity index (χ3v) is 4.44. The van der Waals surface area contributed by atoms with Crippen molar-refractivity contribution < 1.29 is 14.3 Å². The fourth-order valence-electron chi connectivity index (χ4n) is 3.01. The Morgan fingerprint density at radius 2 is 1.96 bits per heavy atom. The number of amides is 2. The van der Waals surface area contributed by atoms with Gasteiger partial charge in [-0.25, -0.2) is 0 Å². The second-order valence-corrected chi connectivity index (χ2v) is 6.36. The molecular weight excluding hydrogens is 340 g/mol. The van der Waals surface area contributed by atoms with Crippen LogP contribution < -0.4 is 10.2 Å². The van der Waals surface area contributed by atoms with Crippen molar-refractivity contribution in [1.29, 1.82) is 0 Å². The molecule has 140 valence electrons. The van der Waals surface area contributed by atoms with Crippen molar-refractivity contribution in [2.45, 2.75) is 26.4 Å². The molecule has 1 aliphatic heterocycles. The quantitative estimate of drug-likeness (QED) is 0.756. The lowest BCUT2D eigenvalue weighted by Gasteiger charge is -2.15. The standard InChI is InChI=1S/C22H24N2O3/c1-2-27-16-18-6-3-4-7-20(18)23-21(25)14-11-17-9-12-19(13-10-17)24-15-5-8-22(24)26/h3-4,6-7,9-14H,2,5,8,15-16H2,1H3,(H,23,25)/b14-11+. The molecule has 0 spiro atoms. The number of ether oxygens (including phenoxy) is 1. The summed E-state index contributed by atoms with van der Waals surface area (Å²) >= 11 is 0. The molecule has 1 fully saturated rings. The molecule has 1 saturated heterocycles. The van der Waals surface area contributed by atoms with E-state index in [4.69, 9.17) is 4.74 Å². The van der Waals surface area contributed by atoms with E-state index >= 15 is 0 Å². The number of nitrogens with one attached hydrogen (secondary N) is 1. The highest BCUT2D eigenvalue weighted by atomic mass is 16.5. The van der Waals surface area contributed by atoms with Crippen LogP contribution in [0.3, 0.4) is 0 Å². The molecular formula is C22H24N2O3. The number of carbonyl (C=O) groups excluding carboxylic acids is 2. The Labute approximate surface area is 159 Å². The second kappa shape index (κ2) is 9.14. The first kappa shape index (κ1) is 18.9. The predicted octanol–water partition coefficient (Wildman–Crippen LogP) is 4.00. The summed E-state index contributed by atoms with van der Waals surface area (Å²) in [6.07, 6.45) is 4.79. The molecule has 0 saturated carbocycles. The summed E-state index contributed by atoms with van der Waals surface area (Å²) in [7, 11) is 0. The fraction of sp³-hybridized carbons (Fsp3) is 0.273. The summed E-state index contributed by atoms with van der Waals surface area (Å²) in [5.41, 5.74) is 3.51. The molecule has 0 bridgehead atoms. The zero-order valence-corrected chi connectivity index (χ0v) is 15.5. The van der Waals surface area contributed by atoms with Gasteiger partial charge in [-0.2, -0.15) is 0 Å². The summed E-state index contributed by atoms with van der Waals surface area (Å²) in [5.74, 6) is -0.0267. The van der Waals surface area contributed by atoms with Crippen molar-refractivity contribution in [3.05, 3.63) is 65.7 Å². The first-order chi connectivity index (χ1) is 13.2. The van der Waals surface area contributed by atoms with Gasteiger partial charge >= 0.3 is 0 Å². The zero-order chi connectivity index (χ0) is 19.1. The van der Waals surface area contributed by atoms with Crippen molar-refractivity contribution in [3.63, 3.8) is 0 Å². The Hall–Kier alpha value is -2.92. The van der Waals surface area contributed by atoms with Crippen LogP contribution in [0.15, 0.2) is 54.6 Å². The molecule has 5 heteroatoms. The van der Waals surface area contributed by atoms with Gasteiger partial charge in [0.15, 0.2) is 0 Å². The van der Waals surface area contributed by atoms with Crippen LogP contribution in [0.2, 0.25) is 0 Å². The van der Waals surface area contributed by atoms with Gasteiger partial charge in [0.1, 0.15) is 0 Å². The number of rotatable bonds is 7. The van der Waals surface area contributed by atoms with E-state index in [1.807, 2.05) is 55.5 Å². The van der Waals surface area contributed by atoms with E-state index in [1.54, 1.807) is 11.0 Å². The number of hydrogen-bond acceptors (Lipinski definition) is 3. The summed E-state index contributed by atoms with van der Waals surface area (Å²) in [6, 6.07) is 15.3. The van der Waals surface area contributed by atoms with Crippen molar-refractivity contribution >= 4 is 29.3 Å². The molecule has 0 aromatic heterocycles.